The van der Waals surface area contributed by atoms with Gasteiger partial charge in [-0.15, -0.1) is 0 Å². The molecule has 0 spiro atoms. The number of hydrogen-bond donors (Lipinski definition) is 2. The number of aliphatic hydroxyl groups excluding tert-OH is 1. The van der Waals surface area contributed by atoms with Crippen LogP contribution >= 0.6 is 11.6 Å². The van der Waals surface area contributed by atoms with E-state index in [1.54, 1.807) is 18.3 Å². The van der Waals surface area contributed by atoms with Crippen molar-refractivity contribution in [3.63, 3.8) is 0 Å². The first-order chi connectivity index (χ1) is 16.3. The minimum Gasteiger partial charge on any atom is -0.387 e. The number of carbonyl (C=O) groups excluding carboxylic acids is 1. The van der Waals surface area contributed by atoms with E-state index in [2.05, 4.69) is 41.3 Å². The Labute approximate surface area is 207 Å². The van der Waals surface area contributed by atoms with Crippen molar-refractivity contribution in [1.29, 1.82) is 0 Å². The molecule has 1 aliphatic heterocycles. The molecule has 0 aliphatic carbocycles. The maximum Gasteiger partial charge on any atom is 0.253 e. The molecule has 1 amide bonds. The van der Waals surface area contributed by atoms with E-state index in [-0.39, 0.29) is 30.1 Å². The Hall–Kier alpha value is -2.35. The van der Waals surface area contributed by atoms with Crippen molar-refractivity contribution in [2.75, 3.05) is 13.6 Å². The van der Waals surface area contributed by atoms with E-state index >= 15 is 0 Å². The van der Waals surface area contributed by atoms with Gasteiger partial charge in [-0.05, 0) is 56.4 Å². The number of benzene rings is 1. The van der Waals surface area contributed by atoms with Gasteiger partial charge in [0, 0.05) is 37.0 Å². The summed E-state index contributed by atoms with van der Waals surface area (Å²) >= 11 is 5.82. The summed E-state index contributed by atoms with van der Waals surface area (Å²) in [5.41, 5.74) is 2.56. The van der Waals surface area contributed by atoms with Gasteiger partial charge >= 0.3 is 0 Å². The van der Waals surface area contributed by atoms with Gasteiger partial charge in [0.2, 0.25) is 0 Å². The molecule has 184 valence electrons. The Kier molecular flexibility index (Phi) is 9.56. The van der Waals surface area contributed by atoms with Gasteiger partial charge in [0.1, 0.15) is 5.15 Å². The molecule has 2 heterocycles. The molecule has 1 aromatic carbocycles. The molecular formula is C26H36ClN5O2. The number of likely N-dealkylation sites (N-methyl/N-ethyl adjacent to an activating group) is 1. The number of nitrogens with one attached hydrogen (secondary N) is 1. The van der Waals surface area contributed by atoms with Crippen LogP contribution in [0.4, 0.5) is 0 Å². The molecule has 3 rings (SSSR count). The number of halogens is 1. The molecule has 0 bridgehead atoms. The molecule has 0 fully saturated rings. The third-order valence-corrected chi connectivity index (χ3v) is 6.81. The molecule has 5 unspecified atom stereocenters. The Morgan fingerprint density at radius 1 is 1.18 bits per heavy atom. The van der Waals surface area contributed by atoms with Crippen LogP contribution in [0.3, 0.4) is 0 Å². The molecular weight excluding hydrogens is 450 g/mol. The van der Waals surface area contributed by atoms with E-state index in [1.807, 2.05) is 36.2 Å². The first-order valence-corrected chi connectivity index (χ1v) is 12.5. The van der Waals surface area contributed by atoms with E-state index in [9.17, 15) is 9.90 Å². The van der Waals surface area contributed by atoms with Crippen LogP contribution in [0.5, 0.6) is 0 Å². The van der Waals surface area contributed by atoms with Gasteiger partial charge in [0.15, 0.2) is 0 Å². The van der Waals surface area contributed by atoms with Crippen LogP contribution < -0.4 is 5.32 Å². The summed E-state index contributed by atoms with van der Waals surface area (Å²) in [6.45, 7) is 6.70. The van der Waals surface area contributed by atoms with E-state index in [0.29, 0.717) is 17.3 Å². The third-order valence-electron chi connectivity index (χ3n) is 6.59. The van der Waals surface area contributed by atoms with Gasteiger partial charge in [-0.1, -0.05) is 43.6 Å². The van der Waals surface area contributed by atoms with Gasteiger partial charge in [0.05, 0.1) is 24.2 Å². The highest BCUT2D eigenvalue weighted by atomic mass is 35.5. The predicted octanol–water partition coefficient (Wildman–Crippen LogP) is 4.84. The Balaban J connectivity index is 1.55. The van der Waals surface area contributed by atoms with Gasteiger partial charge in [-0.2, -0.15) is 10.2 Å². The largest absolute Gasteiger partial charge is 0.387 e. The number of aliphatic hydroxyl groups is 1. The zero-order chi connectivity index (χ0) is 24.7. The predicted molar refractivity (Wildman–Crippen MR) is 135 cm³/mol. The Bertz CT molecular complexity index is 951. The van der Waals surface area contributed by atoms with Crippen LogP contribution in [0.2, 0.25) is 5.15 Å². The number of pyridine rings is 1. The average Bonchev–Trinajstić information content (AvgIpc) is 3.28. The van der Waals surface area contributed by atoms with E-state index in [1.165, 1.54) is 0 Å². The maximum atomic E-state index is 13.1. The highest BCUT2D eigenvalue weighted by molar-refractivity contribution is 6.29. The first kappa shape index (κ1) is 26.3. The highest BCUT2D eigenvalue weighted by Gasteiger charge is 2.31. The molecule has 0 saturated carbocycles. The van der Waals surface area contributed by atoms with Crippen LogP contribution in [0.1, 0.15) is 67.6 Å². The molecule has 0 saturated heterocycles. The normalized spacial score (nSPS) is 20.2. The Morgan fingerprint density at radius 2 is 1.91 bits per heavy atom. The fourth-order valence-corrected chi connectivity index (χ4v) is 4.56. The van der Waals surface area contributed by atoms with Gasteiger partial charge in [-0.3, -0.25) is 4.79 Å². The molecule has 7 nitrogen and oxygen atoms in total. The molecule has 1 aromatic heterocycles. The second-order valence-corrected chi connectivity index (χ2v) is 9.51. The summed E-state index contributed by atoms with van der Waals surface area (Å²) < 4.78 is 0. The van der Waals surface area contributed by atoms with Crippen molar-refractivity contribution in [3.05, 3.63) is 64.4 Å². The lowest BCUT2D eigenvalue weighted by molar-refractivity contribution is 0.0703. The molecule has 8 heteroatoms. The van der Waals surface area contributed by atoms with E-state index < -0.39 is 6.10 Å². The highest BCUT2D eigenvalue weighted by Crippen LogP contribution is 2.24. The van der Waals surface area contributed by atoms with Crippen molar-refractivity contribution in [2.24, 2.45) is 10.2 Å². The smallest absolute Gasteiger partial charge is 0.253 e. The van der Waals surface area contributed by atoms with Gasteiger partial charge in [-0.25, -0.2) is 4.98 Å². The fourth-order valence-electron chi connectivity index (χ4n) is 4.44. The summed E-state index contributed by atoms with van der Waals surface area (Å²) in [6, 6.07) is 11.9. The van der Waals surface area contributed by atoms with Crippen LogP contribution in [0, 0.1) is 0 Å². The Morgan fingerprint density at radius 3 is 2.47 bits per heavy atom. The standard InChI is InChI=1S/C26H36ClN5O2/c1-5-21(28-16-24(33)20-11-12-25(27)29-15-20)14-18-7-9-19(10-8-18)26(34)32(4)23(6-2)22-13-17(3)30-31-22/h7-12,15,17,21-24,28,33H,5-6,13-14,16H2,1-4H3. The number of amides is 1. The quantitative estimate of drug-likeness (QED) is 0.445. The summed E-state index contributed by atoms with van der Waals surface area (Å²) in [6.07, 6.45) is 4.42. The summed E-state index contributed by atoms with van der Waals surface area (Å²) in [5.74, 6) is 0.0121. The minimum absolute atomic E-state index is 0.0121. The summed E-state index contributed by atoms with van der Waals surface area (Å²) in [4.78, 5) is 19.0. The number of carbonyl (C=O) groups is 1. The third kappa shape index (κ3) is 6.84. The average molecular weight is 486 g/mol. The van der Waals surface area contributed by atoms with Crippen LogP contribution in [0.15, 0.2) is 52.8 Å². The lowest BCUT2D eigenvalue weighted by Crippen LogP contribution is -2.43. The van der Waals surface area contributed by atoms with E-state index in [0.717, 1.165) is 36.8 Å². The second kappa shape index (κ2) is 12.4. The lowest BCUT2D eigenvalue weighted by Gasteiger charge is -2.30. The lowest BCUT2D eigenvalue weighted by atomic mass is 9.98. The van der Waals surface area contributed by atoms with Gasteiger partial charge in [0.25, 0.3) is 5.91 Å². The SMILES string of the molecule is CCC(Cc1ccc(C(=O)N(C)C(CC)C2CC(C)N=N2)cc1)NCC(O)c1ccc(Cl)nc1. The van der Waals surface area contributed by atoms with Gasteiger partial charge < -0.3 is 15.3 Å². The van der Waals surface area contributed by atoms with Crippen molar-refractivity contribution in [2.45, 2.75) is 76.7 Å². The zero-order valence-electron chi connectivity index (χ0n) is 20.5. The molecule has 0 radical (unpaired) electrons. The first-order valence-electron chi connectivity index (χ1n) is 12.1. The van der Waals surface area contributed by atoms with E-state index in [4.69, 9.17) is 11.6 Å². The summed E-state index contributed by atoms with van der Waals surface area (Å²) in [5, 5.41) is 22.9. The zero-order valence-corrected chi connectivity index (χ0v) is 21.2. The summed E-state index contributed by atoms with van der Waals surface area (Å²) in [7, 11) is 1.86. The number of rotatable bonds is 11. The molecule has 2 aromatic rings. The van der Waals surface area contributed by atoms with Crippen LogP contribution in [-0.2, 0) is 6.42 Å². The number of azo groups is 1. The molecule has 34 heavy (non-hydrogen) atoms. The monoisotopic (exact) mass is 485 g/mol. The molecule has 2 N–H and O–H groups in total. The number of aromatic nitrogens is 1. The fraction of sp³-hybridized carbons (Fsp3) is 0.538. The van der Waals surface area contributed by atoms with Crippen molar-refractivity contribution in [3.8, 4) is 0 Å². The number of hydrogen-bond acceptors (Lipinski definition) is 6. The minimum atomic E-state index is -0.650. The van der Waals surface area contributed by atoms with Crippen molar-refractivity contribution >= 4 is 17.5 Å². The second-order valence-electron chi connectivity index (χ2n) is 9.12. The maximum absolute atomic E-state index is 13.1. The van der Waals surface area contributed by atoms with Crippen molar-refractivity contribution < 1.29 is 9.90 Å². The van der Waals surface area contributed by atoms with Crippen molar-refractivity contribution in [1.82, 2.24) is 15.2 Å². The molecule has 1 aliphatic rings. The molecule has 5 atom stereocenters. The topological polar surface area (TPSA) is 90.2 Å². The van der Waals surface area contributed by atoms with Crippen LogP contribution in [0.25, 0.3) is 0 Å². The number of nitrogens with zero attached hydrogens (tertiary/aromatic N) is 4. The van der Waals surface area contributed by atoms with Crippen LogP contribution in [-0.4, -0.2) is 58.7 Å².